The number of rotatable bonds is 3. The molecule has 82 valence electrons. The molecule has 0 saturated heterocycles. The molecule has 0 aliphatic heterocycles. The summed E-state index contributed by atoms with van der Waals surface area (Å²) in [7, 11) is 0. The molecular formula is C9H13ClN4O. The van der Waals surface area contributed by atoms with Crippen LogP contribution in [0.5, 0.6) is 0 Å². The van der Waals surface area contributed by atoms with Crippen LogP contribution < -0.4 is 16.8 Å². The maximum absolute atomic E-state index is 11.8. The Hall–Kier alpha value is -1.07. The number of nitrogens with zero attached hydrogens (tertiary/aromatic N) is 2. The molecule has 0 bridgehead atoms. The van der Waals surface area contributed by atoms with Crippen molar-refractivity contribution in [3.63, 3.8) is 0 Å². The van der Waals surface area contributed by atoms with Gasteiger partial charge in [-0.1, -0.05) is 11.6 Å². The predicted molar refractivity (Wildman–Crippen MR) is 58.8 cm³/mol. The molecule has 0 aromatic carbocycles. The van der Waals surface area contributed by atoms with E-state index in [1.165, 1.54) is 12.8 Å². The van der Waals surface area contributed by atoms with Crippen molar-refractivity contribution in [1.29, 1.82) is 0 Å². The second-order valence-corrected chi connectivity index (χ2v) is 4.20. The Morgan fingerprint density at radius 3 is 2.87 bits per heavy atom. The molecular weight excluding hydrogens is 216 g/mol. The van der Waals surface area contributed by atoms with E-state index in [1.807, 2.05) is 0 Å². The van der Waals surface area contributed by atoms with Crippen LogP contribution in [0.1, 0.15) is 18.5 Å². The third kappa shape index (κ3) is 1.98. The van der Waals surface area contributed by atoms with Crippen LogP contribution in [-0.2, 0) is 6.54 Å². The van der Waals surface area contributed by atoms with E-state index in [2.05, 4.69) is 10.4 Å². The van der Waals surface area contributed by atoms with Crippen LogP contribution in [0.3, 0.4) is 0 Å². The molecule has 0 radical (unpaired) electrons. The number of halogens is 1. The average molecular weight is 229 g/mol. The van der Waals surface area contributed by atoms with Gasteiger partial charge in [0.15, 0.2) is 5.15 Å². The number of nitrogens with one attached hydrogen (secondary N) is 1. The van der Waals surface area contributed by atoms with Crippen LogP contribution >= 0.6 is 11.6 Å². The molecule has 1 aliphatic carbocycles. The summed E-state index contributed by atoms with van der Waals surface area (Å²) >= 11 is 5.91. The minimum absolute atomic E-state index is 0.103. The van der Waals surface area contributed by atoms with E-state index in [9.17, 15) is 4.79 Å². The van der Waals surface area contributed by atoms with Crippen LogP contribution in [-0.4, -0.2) is 9.55 Å². The topological polar surface area (TPSA) is 72.9 Å². The van der Waals surface area contributed by atoms with Gasteiger partial charge in [-0.15, -0.1) is 0 Å². The lowest BCUT2D eigenvalue weighted by Crippen LogP contribution is -2.29. The summed E-state index contributed by atoms with van der Waals surface area (Å²) in [4.78, 5) is 15.7. The van der Waals surface area contributed by atoms with E-state index in [0.717, 1.165) is 0 Å². The van der Waals surface area contributed by atoms with E-state index in [4.69, 9.17) is 17.4 Å². The summed E-state index contributed by atoms with van der Waals surface area (Å²) in [6, 6.07) is 0. The first-order valence-corrected chi connectivity index (χ1v) is 5.25. The Bertz CT molecular complexity index is 438. The summed E-state index contributed by atoms with van der Waals surface area (Å²) in [5.41, 5.74) is 2.77. The van der Waals surface area contributed by atoms with Crippen molar-refractivity contribution >= 4 is 17.4 Å². The second kappa shape index (κ2) is 3.83. The van der Waals surface area contributed by atoms with Gasteiger partial charge in [0.05, 0.1) is 5.69 Å². The number of hydrazine groups is 1. The van der Waals surface area contributed by atoms with E-state index < -0.39 is 0 Å². The lowest BCUT2D eigenvalue weighted by atomic mass is 10.3. The maximum atomic E-state index is 11.8. The molecule has 1 heterocycles. The molecule has 5 nitrogen and oxygen atoms in total. The van der Waals surface area contributed by atoms with E-state index in [-0.39, 0.29) is 11.4 Å². The van der Waals surface area contributed by atoms with Crippen LogP contribution in [0, 0.1) is 12.8 Å². The quantitative estimate of drug-likeness (QED) is 0.596. The van der Waals surface area contributed by atoms with Crippen molar-refractivity contribution in [2.75, 3.05) is 5.43 Å². The van der Waals surface area contributed by atoms with Crippen LogP contribution in [0.15, 0.2) is 4.79 Å². The lowest BCUT2D eigenvalue weighted by molar-refractivity contribution is 0.588. The molecule has 0 spiro atoms. The molecule has 1 fully saturated rings. The Morgan fingerprint density at radius 2 is 2.33 bits per heavy atom. The zero-order valence-corrected chi connectivity index (χ0v) is 9.21. The van der Waals surface area contributed by atoms with Gasteiger partial charge in [0.1, 0.15) is 0 Å². The van der Waals surface area contributed by atoms with Gasteiger partial charge in [0.2, 0.25) is 5.82 Å². The Labute approximate surface area is 92.2 Å². The summed E-state index contributed by atoms with van der Waals surface area (Å²) in [5.74, 6) is 5.91. The van der Waals surface area contributed by atoms with Gasteiger partial charge < -0.3 is 9.99 Å². The molecule has 6 heteroatoms. The number of hydrogen-bond donors (Lipinski definition) is 2. The van der Waals surface area contributed by atoms with Crippen LogP contribution in [0.2, 0.25) is 5.15 Å². The zero-order valence-electron chi connectivity index (χ0n) is 8.46. The minimum atomic E-state index is -0.202. The Kier molecular flexibility index (Phi) is 2.67. The molecule has 1 aliphatic rings. The molecule has 1 aromatic rings. The summed E-state index contributed by atoms with van der Waals surface area (Å²) in [6.45, 7) is 2.50. The largest absolute Gasteiger partial charge is 0.306 e. The fourth-order valence-electron chi connectivity index (χ4n) is 1.49. The first-order chi connectivity index (χ1) is 7.13. The highest BCUT2D eigenvalue weighted by molar-refractivity contribution is 6.30. The SMILES string of the molecule is Cc1c(Cl)nc(NN)c(=O)n1CC1CC1. The molecule has 3 N–H and O–H groups in total. The number of hydrogen-bond acceptors (Lipinski definition) is 4. The van der Waals surface area contributed by atoms with Crippen LogP contribution in [0.4, 0.5) is 5.82 Å². The smallest absolute Gasteiger partial charge is 0.294 e. The van der Waals surface area contributed by atoms with Gasteiger partial charge in [-0.25, -0.2) is 10.8 Å². The molecule has 15 heavy (non-hydrogen) atoms. The van der Waals surface area contributed by atoms with Gasteiger partial charge in [-0.05, 0) is 25.7 Å². The van der Waals surface area contributed by atoms with E-state index in [0.29, 0.717) is 23.3 Å². The highest BCUT2D eigenvalue weighted by Crippen LogP contribution is 2.30. The fraction of sp³-hybridized carbons (Fsp3) is 0.556. The first-order valence-electron chi connectivity index (χ1n) is 4.87. The van der Waals surface area contributed by atoms with Crippen molar-refractivity contribution in [2.45, 2.75) is 26.3 Å². The van der Waals surface area contributed by atoms with Crippen molar-refractivity contribution in [3.8, 4) is 0 Å². The van der Waals surface area contributed by atoms with Crippen molar-refractivity contribution in [2.24, 2.45) is 11.8 Å². The van der Waals surface area contributed by atoms with Crippen molar-refractivity contribution < 1.29 is 0 Å². The molecule has 2 rings (SSSR count). The number of nitrogens with two attached hydrogens (primary N) is 1. The molecule has 1 saturated carbocycles. The van der Waals surface area contributed by atoms with Gasteiger partial charge in [0, 0.05) is 6.54 Å². The van der Waals surface area contributed by atoms with Crippen molar-refractivity contribution in [1.82, 2.24) is 9.55 Å². The highest BCUT2D eigenvalue weighted by Gasteiger charge is 2.24. The van der Waals surface area contributed by atoms with Gasteiger partial charge >= 0.3 is 0 Å². The third-order valence-electron chi connectivity index (χ3n) is 2.64. The molecule has 0 unspecified atom stereocenters. The normalized spacial score (nSPS) is 15.4. The highest BCUT2D eigenvalue weighted by atomic mass is 35.5. The summed E-state index contributed by atoms with van der Waals surface area (Å²) in [5, 5.41) is 0.322. The van der Waals surface area contributed by atoms with Gasteiger partial charge in [-0.3, -0.25) is 4.79 Å². The number of anilines is 1. The van der Waals surface area contributed by atoms with Crippen LogP contribution in [0.25, 0.3) is 0 Å². The molecule has 0 amide bonds. The van der Waals surface area contributed by atoms with E-state index in [1.54, 1.807) is 11.5 Å². The summed E-state index contributed by atoms with van der Waals surface area (Å²) < 4.78 is 1.64. The lowest BCUT2D eigenvalue weighted by Gasteiger charge is -2.11. The number of aromatic nitrogens is 2. The second-order valence-electron chi connectivity index (χ2n) is 3.84. The zero-order chi connectivity index (χ0) is 11.0. The minimum Gasteiger partial charge on any atom is -0.306 e. The molecule has 1 aromatic heterocycles. The van der Waals surface area contributed by atoms with Gasteiger partial charge in [0.25, 0.3) is 5.56 Å². The number of nitrogen functional groups attached to an aromatic ring is 1. The standard InChI is InChI=1S/C9H13ClN4O/c1-5-7(10)12-8(13-11)9(15)14(5)4-6-2-3-6/h6H,2-4,11H2,1H3,(H,12,13). The van der Waals surface area contributed by atoms with Gasteiger partial charge in [-0.2, -0.15) is 0 Å². The third-order valence-corrected chi connectivity index (χ3v) is 2.99. The Morgan fingerprint density at radius 1 is 1.67 bits per heavy atom. The Balaban J connectivity index is 2.48. The fourth-order valence-corrected chi connectivity index (χ4v) is 1.68. The summed E-state index contributed by atoms with van der Waals surface area (Å²) in [6.07, 6.45) is 2.36. The maximum Gasteiger partial charge on any atom is 0.294 e. The molecule has 0 atom stereocenters. The first kappa shape index (κ1) is 10.4. The monoisotopic (exact) mass is 228 g/mol. The van der Waals surface area contributed by atoms with Crippen molar-refractivity contribution in [3.05, 3.63) is 21.2 Å². The average Bonchev–Trinajstić information content (AvgIpc) is 3.02. The predicted octanol–water partition coefficient (Wildman–Crippen LogP) is 0.901. The van der Waals surface area contributed by atoms with E-state index >= 15 is 0 Å².